The standard InChI is InChI=1S/C15H21BrN2.2ClH/c1-12(2)10-15(18-8-6-17-7-9-18)13-4-3-5-14(16)11-13;;/h3-5,11,15,17H,1,6-10H2,2H3;2*1H/t15-;;/m1../s1. The quantitative estimate of drug-likeness (QED) is 0.786. The lowest BCUT2D eigenvalue weighted by Gasteiger charge is -2.35. The highest BCUT2D eigenvalue weighted by atomic mass is 79.9. The molecule has 0 unspecified atom stereocenters. The van der Waals surface area contributed by atoms with Gasteiger partial charge >= 0.3 is 0 Å². The first-order valence-corrected chi connectivity index (χ1v) is 7.31. The molecule has 1 fully saturated rings. The van der Waals surface area contributed by atoms with Crippen molar-refractivity contribution in [2.75, 3.05) is 26.2 Å². The molecule has 1 aromatic carbocycles. The Hall–Kier alpha value is -0.0600. The van der Waals surface area contributed by atoms with Crippen molar-refractivity contribution in [2.24, 2.45) is 0 Å². The van der Waals surface area contributed by atoms with Gasteiger partial charge in [0.15, 0.2) is 0 Å². The molecule has 1 saturated heterocycles. The third-order valence-corrected chi connectivity index (χ3v) is 3.86. The third kappa shape index (κ3) is 5.74. The summed E-state index contributed by atoms with van der Waals surface area (Å²) in [5.74, 6) is 0. The molecule has 1 aliphatic rings. The molecule has 0 bridgehead atoms. The molecule has 114 valence electrons. The second kappa shape index (κ2) is 9.80. The molecule has 20 heavy (non-hydrogen) atoms. The zero-order valence-corrected chi connectivity index (χ0v) is 15.0. The van der Waals surface area contributed by atoms with E-state index in [2.05, 4.69) is 63.9 Å². The van der Waals surface area contributed by atoms with Crippen LogP contribution in [0, 0.1) is 0 Å². The summed E-state index contributed by atoms with van der Waals surface area (Å²) >= 11 is 3.57. The maximum atomic E-state index is 4.08. The van der Waals surface area contributed by atoms with Crippen LogP contribution in [0.1, 0.15) is 24.9 Å². The minimum Gasteiger partial charge on any atom is -0.314 e. The average Bonchev–Trinajstić information content (AvgIpc) is 2.37. The SMILES string of the molecule is C=C(C)C[C@H](c1cccc(Br)c1)N1CCNCC1.Cl.Cl. The molecular formula is C15H23BrCl2N2. The monoisotopic (exact) mass is 380 g/mol. The van der Waals surface area contributed by atoms with Gasteiger partial charge in [0, 0.05) is 36.7 Å². The summed E-state index contributed by atoms with van der Waals surface area (Å²) in [7, 11) is 0. The molecule has 1 atom stereocenters. The van der Waals surface area contributed by atoms with Crippen molar-refractivity contribution in [3.05, 3.63) is 46.5 Å². The van der Waals surface area contributed by atoms with Crippen LogP contribution < -0.4 is 5.32 Å². The Balaban J connectivity index is 0.00000180. The van der Waals surface area contributed by atoms with Gasteiger partial charge in [-0.1, -0.05) is 33.6 Å². The fourth-order valence-electron chi connectivity index (χ4n) is 2.50. The molecule has 0 radical (unpaired) electrons. The van der Waals surface area contributed by atoms with E-state index < -0.39 is 0 Å². The van der Waals surface area contributed by atoms with Gasteiger partial charge in [-0.25, -0.2) is 0 Å². The maximum Gasteiger partial charge on any atom is 0.0386 e. The summed E-state index contributed by atoms with van der Waals surface area (Å²) in [4.78, 5) is 2.56. The van der Waals surface area contributed by atoms with Crippen molar-refractivity contribution in [1.82, 2.24) is 10.2 Å². The molecule has 0 aromatic heterocycles. The van der Waals surface area contributed by atoms with Gasteiger partial charge in [-0.15, -0.1) is 31.4 Å². The number of benzene rings is 1. The van der Waals surface area contributed by atoms with E-state index in [1.54, 1.807) is 0 Å². The van der Waals surface area contributed by atoms with Gasteiger partial charge in [-0.2, -0.15) is 0 Å². The van der Waals surface area contributed by atoms with Gasteiger partial charge in [0.25, 0.3) is 0 Å². The van der Waals surface area contributed by atoms with Gasteiger partial charge in [0.2, 0.25) is 0 Å². The Morgan fingerprint density at radius 1 is 1.35 bits per heavy atom. The van der Waals surface area contributed by atoms with E-state index >= 15 is 0 Å². The van der Waals surface area contributed by atoms with Crippen LogP contribution in [0.5, 0.6) is 0 Å². The molecule has 1 heterocycles. The van der Waals surface area contributed by atoms with Crippen LogP contribution in [0.3, 0.4) is 0 Å². The molecule has 1 aromatic rings. The minimum atomic E-state index is 0. The maximum absolute atomic E-state index is 4.08. The van der Waals surface area contributed by atoms with Crippen LogP contribution in [-0.4, -0.2) is 31.1 Å². The molecule has 1 aliphatic heterocycles. The van der Waals surface area contributed by atoms with Crippen LogP contribution in [0.15, 0.2) is 40.9 Å². The van der Waals surface area contributed by atoms with E-state index in [0.29, 0.717) is 6.04 Å². The summed E-state index contributed by atoms with van der Waals surface area (Å²) in [6.07, 6.45) is 1.04. The van der Waals surface area contributed by atoms with Crippen molar-refractivity contribution in [3.8, 4) is 0 Å². The van der Waals surface area contributed by atoms with Crippen LogP contribution >= 0.6 is 40.7 Å². The average molecular weight is 382 g/mol. The zero-order valence-electron chi connectivity index (χ0n) is 11.8. The number of hydrogen-bond acceptors (Lipinski definition) is 2. The topological polar surface area (TPSA) is 15.3 Å². The van der Waals surface area contributed by atoms with Crippen LogP contribution in [-0.2, 0) is 0 Å². The number of piperazine rings is 1. The number of nitrogens with zero attached hydrogens (tertiary/aromatic N) is 1. The summed E-state index contributed by atoms with van der Waals surface area (Å²) in [6.45, 7) is 10.6. The molecule has 1 N–H and O–H groups in total. The Morgan fingerprint density at radius 2 is 2.00 bits per heavy atom. The van der Waals surface area contributed by atoms with Gasteiger partial charge in [-0.3, -0.25) is 4.90 Å². The van der Waals surface area contributed by atoms with Crippen molar-refractivity contribution in [1.29, 1.82) is 0 Å². The van der Waals surface area contributed by atoms with E-state index in [-0.39, 0.29) is 24.8 Å². The highest BCUT2D eigenvalue weighted by Crippen LogP contribution is 2.29. The van der Waals surface area contributed by atoms with Crippen molar-refractivity contribution in [3.63, 3.8) is 0 Å². The van der Waals surface area contributed by atoms with Gasteiger partial charge in [-0.05, 0) is 31.0 Å². The molecule has 0 aliphatic carbocycles. The van der Waals surface area contributed by atoms with Crippen LogP contribution in [0.25, 0.3) is 0 Å². The van der Waals surface area contributed by atoms with Crippen molar-refractivity contribution >= 4 is 40.7 Å². The first kappa shape index (κ1) is 19.9. The van der Waals surface area contributed by atoms with Crippen LogP contribution in [0.4, 0.5) is 0 Å². The highest BCUT2D eigenvalue weighted by Gasteiger charge is 2.22. The number of rotatable bonds is 4. The van der Waals surface area contributed by atoms with Gasteiger partial charge in [0.1, 0.15) is 0 Å². The fourth-order valence-corrected chi connectivity index (χ4v) is 2.91. The molecule has 0 spiro atoms. The van der Waals surface area contributed by atoms with E-state index in [1.807, 2.05) is 0 Å². The molecule has 5 heteroatoms. The summed E-state index contributed by atoms with van der Waals surface area (Å²) in [5.41, 5.74) is 2.63. The summed E-state index contributed by atoms with van der Waals surface area (Å²) in [5, 5.41) is 3.41. The van der Waals surface area contributed by atoms with Gasteiger partial charge < -0.3 is 5.32 Å². The molecule has 2 rings (SSSR count). The Labute approximate surface area is 143 Å². The number of nitrogens with one attached hydrogen (secondary N) is 1. The Bertz CT molecular complexity index is 420. The predicted molar refractivity (Wildman–Crippen MR) is 95.3 cm³/mol. The highest BCUT2D eigenvalue weighted by molar-refractivity contribution is 9.10. The van der Waals surface area contributed by atoms with E-state index in [4.69, 9.17) is 0 Å². The zero-order chi connectivity index (χ0) is 13.0. The molecular weight excluding hydrogens is 359 g/mol. The molecule has 0 amide bonds. The largest absolute Gasteiger partial charge is 0.314 e. The smallest absolute Gasteiger partial charge is 0.0386 e. The predicted octanol–water partition coefficient (Wildman–Crippen LogP) is 4.21. The summed E-state index contributed by atoms with van der Waals surface area (Å²) < 4.78 is 1.15. The van der Waals surface area contributed by atoms with Crippen molar-refractivity contribution in [2.45, 2.75) is 19.4 Å². The van der Waals surface area contributed by atoms with Crippen LogP contribution in [0.2, 0.25) is 0 Å². The normalized spacial score (nSPS) is 16.7. The van der Waals surface area contributed by atoms with E-state index in [9.17, 15) is 0 Å². The lowest BCUT2D eigenvalue weighted by atomic mass is 9.98. The Kier molecular flexibility index (Phi) is 9.77. The lowest BCUT2D eigenvalue weighted by Crippen LogP contribution is -2.45. The lowest BCUT2D eigenvalue weighted by molar-refractivity contribution is 0.172. The molecule has 0 saturated carbocycles. The summed E-state index contributed by atoms with van der Waals surface area (Å²) in [6, 6.07) is 9.12. The second-order valence-corrected chi connectivity index (χ2v) is 5.93. The van der Waals surface area contributed by atoms with E-state index in [0.717, 1.165) is 37.1 Å². The second-order valence-electron chi connectivity index (χ2n) is 5.02. The Morgan fingerprint density at radius 3 is 2.55 bits per heavy atom. The van der Waals surface area contributed by atoms with Crippen molar-refractivity contribution < 1.29 is 0 Å². The first-order chi connectivity index (χ1) is 8.66. The first-order valence-electron chi connectivity index (χ1n) is 6.51. The minimum absolute atomic E-state index is 0. The molecule has 2 nitrogen and oxygen atoms in total. The van der Waals surface area contributed by atoms with E-state index in [1.165, 1.54) is 11.1 Å². The third-order valence-electron chi connectivity index (χ3n) is 3.37. The number of halogens is 3. The number of hydrogen-bond donors (Lipinski definition) is 1. The fraction of sp³-hybridized carbons (Fsp3) is 0.467. The van der Waals surface area contributed by atoms with Gasteiger partial charge in [0.05, 0.1) is 0 Å².